The summed E-state index contributed by atoms with van der Waals surface area (Å²) >= 11 is 0. The lowest BCUT2D eigenvalue weighted by atomic mass is 9.91. The highest BCUT2D eigenvalue weighted by molar-refractivity contribution is 5.99. The third-order valence-corrected chi connectivity index (χ3v) is 4.18. The van der Waals surface area contributed by atoms with Gasteiger partial charge in [0.25, 0.3) is 0 Å². The molecule has 1 aliphatic heterocycles. The smallest absolute Gasteiger partial charge is 0.433 e. The highest BCUT2D eigenvalue weighted by Crippen LogP contribution is 2.28. The molecule has 1 fully saturated rings. The van der Waals surface area contributed by atoms with E-state index in [1.807, 2.05) is 0 Å². The molecule has 27 heavy (non-hydrogen) atoms. The molecule has 0 aromatic rings. The molecule has 7 heteroatoms. The summed E-state index contributed by atoms with van der Waals surface area (Å²) in [5.74, 6) is -1.65. The number of rotatable bonds is 6. The number of carbonyl (C=O) groups excluding carboxylic acids is 3. The maximum Gasteiger partial charge on any atom is 0.433 e. The average Bonchev–Trinajstić information content (AvgIpc) is 2.59. The van der Waals surface area contributed by atoms with Gasteiger partial charge in [-0.3, -0.25) is 4.79 Å². The molecule has 2 unspecified atom stereocenters. The quantitative estimate of drug-likeness (QED) is 0.402. The molecule has 0 N–H and O–H groups in total. The number of carbonyl (C=O) groups is 3. The zero-order valence-electron chi connectivity index (χ0n) is 16.6. The number of hydrogen-bond donors (Lipinski definition) is 0. The van der Waals surface area contributed by atoms with Crippen molar-refractivity contribution in [3.8, 4) is 0 Å². The Morgan fingerprint density at radius 3 is 2.44 bits per heavy atom. The van der Waals surface area contributed by atoms with Gasteiger partial charge in [-0.15, -0.1) is 13.2 Å². The molecule has 0 spiro atoms. The van der Waals surface area contributed by atoms with Crippen molar-refractivity contribution in [2.24, 2.45) is 10.9 Å². The van der Waals surface area contributed by atoms with E-state index in [0.717, 1.165) is 12.8 Å². The van der Waals surface area contributed by atoms with Crippen LogP contribution in [-0.2, 0) is 19.1 Å². The molecule has 1 aliphatic rings. The summed E-state index contributed by atoms with van der Waals surface area (Å²) < 4.78 is 9.98. The zero-order chi connectivity index (χ0) is 20.6. The second-order valence-corrected chi connectivity index (χ2v) is 7.41. The van der Waals surface area contributed by atoms with Gasteiger partial charge in [0.15, 0.2) is 0 Å². The van der Waals surface area contributed by atoms with Crippen LogP contribution in [0.1, 0.15) is 46.5 Å². The van der Waals surface area contributed by atoms with Crippen LogP contribution in [0.15, 0.2) is 30.3 Å². The topological polar surface area (TPSA) is 85.3 Å². The molecule has 0 aromatic heterocycles. The van der Waals surface area contributed by atoms with Gasteiger partial charge in [-0.1, -0.05) is 12.2 Å². The summed E-state index contributed by atoms with van der Waals surface area (Å²) in [6.07, 6.45) is 6.20. The van der Waals surface area contributed by atoms with Crippen LogP contribution >= 0.6 is 0 Å². The van der Waals surface area contributed by atoms with E-state index in [-0.39, 0.29) is 11.9 Å². The van der Waals surface area contributed by atoms with Crippen molar-refractivity contribution in [2.75, 3.05) is 7.11 Å². The van der Waals surface area contributed by atoms with Crippen LogP contribution in [0.3, 0.4) is 0 Å². The molecule has 0 saturated carbocycles. The summed E-state index contributed by atoms with van der Waals surface area (Å²) in [7, 11) is 1.30. The van der Waals surface area contributed by atoms with Crippen molar-refractivity contribution in [1.82, 2.24) is 4.90 Å². The number of aliphatic imine (C=N–C) groups is 1. The third-order valence-electron chi connectivity index (χ3n) is 4.18. The maximum absolute atomic E-state index is 13.1. The normalized spacial score (nSPS) is 21.4. The van der Waals surface area contributed by atoms with Crippen LogP contribution < -0.4 is 0 Å². The Morgan fingerprint density at radius 2 is 1.93 bits per heavy atom. The predicted molar refractivity (Wildman–Crippen MR) is 104 cm³/mol. The first-order valence-electron chi connectivity index (χ1n) is 9.05. The molecule has 1 rings (SSSR count). The first-order valence-corrected chi connectivity index (χ1v) is 9.05. The van der Waals surface area contributed by atoms with Crippen LogP contribution in [0, 0.1) is 5.92 Å². The standard InChI is InChI=1S/C20H30N2O5/c1-7-10-15-11-9-12-16(18(24)26-6)22(15)17(23)14(8-2)13-21-19(25)27-20(3,4)5/h7-8,13-16H,1-2,9-12H2,3-6H3/b21-13+/t14?,15?,16-/m0/s1. The summed E-state index contributed by atoms with van der Waals surface area (Å²) in [6.45, 7) is 12.6. The second-order valence-electron chi connectivity index (χ2n) is 7.41. The number of likely N-dealkylation sites (tertiary alicyclic amines) is 1. The Morgan fingerprint density at radius 1 is 1.26 bits per heavy atom. The lowest BCUT2D eigenvalue weighted by Crippen LogP contribution is -2.55. The van der Waals surface area contributed by atoms with Gasteiger partial charge < -0.3 is 14.4 Å². The molecule has 0 aliphatic carbocycles. The number of piperidine rings is 1. The molecule has 0 aromatic carbocycles. The van der Waals surface area contributed by atoms with E-state index in [1.54, 1.807) is 26.8 Å². The zero-order valence-corrected chi connectivity index (χ0v) is 16.6. The third kappa shape index (κ3) is 6.66. The molecule has 0 bridgehead atoms. The minimum atomic E-state index is -0.852. The Balaban J connectivity index is 3.05. The second kappa shape index (κ2) is 10.0. The SMILES string of the molecule is C=CCC1CCC[C@@H](C(=O)OC)N1C(=O)C(C=C)/C=N/C(=O)OC(C)(C)C. The summed E-state index contributed by atoms with van der Waals surface area (Å²) in [6, 6.07) is -0.830. The van der Waals surface area contributed by atoms with E-state index < -0.39 is 29.6 Å². The van der Waals surface area contributed by atoms with Crippen molar-refractivity contribution in [1.29, 1.82) is 0 Å². The van der Waals surface area contributed by atoms with Crippen molar-refractivity contribution >= 4 is 24.2 Å². The fourth-order valence-corrected chi connectivity index (χ4v) is 3.03. The first kappa shape index (κ1) is 22.6. The Kier molecular flexibility index (Phi) is 8.40. The van der Waals surface area contributed by atoms with Gasteiger partial charge in [0.05, 0.1) is 13.0 Å². The Bertz CT molecular complexity index is 606. The van der Waals surface area contributed by atoms with E-state index in [4.69, 9.17) is 9.47 Å². The minimum Gasteiger partial charge on any atom is -0.467 e. The van der Waals surface area contributed by atoms with E-state index in [9.17, 15) is 14.4 Å². The van der Waals surface area contributed by atoms with Gasteiger partial charge >= 0.3 is 12.1 Å². The predicted octanol–water partition coefficient (Wildman–Crippen LogP) is 3.29. The van der Waals surface area contributed by atoms with Gasteiger partial charge in [-0.25, -0.2) is 9.59 Å². The Hall–Kier alpha value is -2.44. The van der Waals surface area contributed by atoms with Gasteiger partial charge in [0.2, 0.25) is 5.91 Å². The highest BCUT2D eigenvalue weighted by Gasteiger charge is 2.39. The number of methoxy groups -OCH3 is 1. The summed E-state index contributed by atoms with van der Waals surface area (Å²) in [4.78, 5) is 42.3. The van der Waals surface area contributed by atoms with E-state index in [0.29, 0.717) is 12.8 Å². The van der Waals surface area contributed by atoms with E-state index in [1.165, 1.54) is 24.3 Å². The monoisotopic (exact) mass is 378 g/mol. The fourth-order valence-electron chi connectivity index (χ4n) is 3.03. The molecular formula is C20H30N2O5. The lowest BCUT2D eigenvalue weighted by molar-refractivity contribution is -0.157. The largest absolute Gasteiger partial charge is 0.467 e. The summed E-state index contributed by atoms with van der Waals surface area (Å²) in [5.41, 5.74) is -0.681. The Labute approximate surface area is 161 Å². The number of amides is 2. The average molecular weight is 378 g/mol. The van der Waals surface area contributed by atoms with Crippen molar-refractivity contribution in [2.45, 2.75) is 64.1 Å². The summed E-state index contributed by atoms with van der Waals surface area (Å²) in [5, 5.41) is 0. The fraction of sp³-hybridized carbons (Fsp3) is 0.600. The first-order chi connectivity index (χ1) is 12.6. The van der Waals surface area contributed by atoms with Crippen LogP contribution in [0.4, 0.5) is 4.79 Å². The molecule has 0 radical (unpaired) electrons. The van der Waals surface area contributed by atoms with E-state index in [2.05, 4.69) is 18.2 Å². The number of nitrogens with zero attached hydrogens (tertiary/aromatic N) is 2. The molecular weight excluding hydrogens is 348 g/mol. The van der Waals surface area contributed by atoms with Crippen molar-refractivity contribution in [3.63, 3.8) is 0 Å². The van der Waals surface area contributed by atoms with Gasteiger partial charge in [0, 0.05) is 12.3 Å². The number of hydrogen-bond acceptors (Lipinski definition) is 5. The van der Waals surface area contributed by atoms with Gasteiger partial charge in [-0.05, 0) is 46.5 Å². The van der Waals surface area contributed by atoms with Crippen LogP contribution in [-0.4, -0.2) is 53.9 Å². The lowest BCUT2D eigenvalue weighted by Gasteiger charge is -2.41. The minimum absolute atomic E-state index is 0.162. The molecule has 150 valence electrons. The molecule has 1 saturated heterocycles. The van der Waals surface area contributed by atoms with Gasteiger partial charge in [-0.2, -0.15) is 4.99 Å². The van der Waals surface area contributed by atoms with Crippen molar-refractivity contribution in [3.05, 3.63) is 25.3 Å². The molecule has 7 nitrogen and oxygen atoms in total. The number of esters is 1. The molecule has 3 atom stereocenters. The number of ether oxygens (including phenoxy) is 2. The molecule has 2 amide bonds. The molecule has 1 heterocycles. The van der Waals surface area contributed by atoms with Crippen LogP contribution in [0.25, 0.3) is 0 Å². The highest BCUT2D eigenvalue weighted by atomic mass is 16.6. The van der Waals surface area contributed by atoms with Crippen LogP contribution in [0.5, 0.6) is 0 Å². The van der Waals surface area contributed by atoms with Crippen molar-refractivity contribution < 1.29 is 23.9 Å². The van der Waals surface area contributed by atoms with E-state index >= 15 is 0 Å². The van der Waals surface area contributed by atoms with Crippen LogP contribution in [0.2, 0.25) is 0 Å². The maximum atomic E-state index is 13.1. The van der Waals surface area contributed by atoms with Gasteiger partial charge in [0.1, 0.15) is 11.6 Å².